The zero-order valence-corrected chi connectivity index (χ0v) is 16.2. The molecule has 0 aromatic heterocycles. The largest absolute Gasteiger partial charge is 0.484 e. The van der Waals surface area contributed by atoms with Gasteiger partial charge in [0.2, 0.25) is 5.91 Å². The molecule has 1 heterocycles. The number of hydrogen-bond donors (Lipinski definition) is 1. The lowest BCUT2D eigenvalue weighted by Gasteiger charge is -2.32. The van der Waals surface area contributed by atoms with E-state index in [0.29, 0.717) is 12.3 Å². The zero-order chi connectivity index (χ0) is 18.9. The first-order chi connectivity index (χ1) is 13.2. The summed E-state index contributed by atoms with van der Waals surface area (Å²) in [5, 5.41) is 3.10. The summed E-state index contributed by atoms with van der Waals surface area (Å²) in [6, 6.07) is 9.43. The van der Waals surface area contributed by atoms with Crippen LogP contribution in [0.4, 0.5) is 0 Å². The average Bonchev–Trinajstić information content (AvgIpc) is 3.24. The molecule has 27 heavy (non-hydrogen) atoms. The number of piperidine rings is 1. The molecule has 1 aliphatic heterocycles. The molecule has 148 valence electrons. The second-order valence-corrected chi connectivity index (χ2v) is 7.92. The van der Waals surface area contributed by atoms with Crippen LogP contribution in [-0.2, 0) is 9.59 Å². The Morgan fingerprint density at radius 2 is 1.70 bits per heavy atom. The van der Waals surface area contributed by atoms with E-state index in [1.807, 2.05) is 35.2 Å². The summed E-state index contributed by atoms with van der Waals surface area (Å²) < 4.78 is 5.55. The highest BCUT2D eigenvalue weighted by Crippen LogP contribution is 2.28. The molecule has 1 saturated heterocycles. The number of rotatable bonds is 8. The maximum Gasteiger partial charge on any atom is 0.260 e. The van der Waals surface area contributed by atoms with Crippen LogP contribution in [0.1, 0.15) is 51.4 Å². The maximum absolute atomic E-state index is 12.3. The normalized spacial score (nSPS) is 18.4. The molecule has 0 spiro atoms. The molecule has 1 aromatic rings. The van der Waals surface area contributed by atoms with Gasteiger partial charge in [0.25, 0.3) is 5.91 Å². The summed E-state index contributed by atoms with van der Waals surface area (Å²) in [5.74, 6) is 2.19. The van der Waals surface area contributed by atoms with Gasteiger partial charge >= 0.3 is 0 Å². The van der Waals surface area contributed by atoms with E-state index in [1.165, 1.54) is 25.7 Å². The summed E-state index contributed by atoms with van der Waals surface area (Å²) >= 11 is 0. The predicted octanol–water partition coefficient (Wildman–Crippen LogP) is 3.39. The van der Waals surface area contributed by atoms with Gasteiger partial charge in [-0.3, -0.25) is 9.59 Å². The van der Waals surface area contributed by atoms with E-state index in [1.54, 1.807) is 0 Å². The molecule has 0 bridgehead atoms. The van der Waals surface area contributed by atoms with Gasteiger partial charge in [0.05, 0.1) is 0 Å². The topological polar surface area (TPSA) is 58.6 Å². The third-order valence-electron chi connectivity index (χ3n) is 5.92. The van der Waals surface area contributed by atoms with Crippen molar-refractivity contribution in [2.24, 2.45) is 11.8 Å². The summed E-state index contributed by atoms with van der Waals surface area (Å²) in [7, 11) is 0. The molecule has 2 fully saturated rings. The first kappa shape index (κ1) is 19.7. The molecular formula is C22H32N2O3. The Labute approximate surface area is 162 Å². The van der Waals surface area contributed by atoms with Crippen LogP contribution in [0, 0.1) is 11.8 Å². The van der Waals surface area contributed by atoms with Gasteiger partial charge in [-0.25, -0.2) is 0 Å². The van der Waals surface area contributed by atoms with Crippen LogP contribution in [0.25, 0.3) is 0 Å². The fraction of sp³-hybridized carbons (Fsp3) is 0.636. The number of ether oxygens (including phenoxy) is 1. The number of carbonyl (C=O) groups excluding carboxylic acids is 2. The zero-order valence-electron chi connectivity index (χ0n) is 16.2. The first-order valence-electron chi connectivity index (χ1n) is 10.4. The standard InChI is InChI=1S/C22H32N2O3/c25-21(11-10-18-6-4-5-7-18)23-16-19-12-14-24(15-13-19)22(26)17-27-20-8-2-1-3-9-20/h1-3,8-9,18-19H,4-7,10-17H2,(H,23,25). The number of hydrogen-bond acceptors (Lipinski definition) is 3. The van der Waals surface area contributed by atoms with Crippen molar-refractivity contribution < 1.29 is 14.3 Å². The Morgan fingerprint density at radius 1 is 1.00 bits per heavy atom. The highest BCUT2D eigenvalue weighted by Gasteiger charge is 2.23. The van der Waals surface area contributed by atoms with Gasteiger partial charge in [-0.2, -0.15) is 0 Å². The van der Waals surface area contributed by atoms with Crippen LogP contribution >= 0.6 is 0 Å². The third kappa shape index (κ3) is 6.56. The van der Waals surface area contributed by atoms with Crippen LogP contribution in [0.2, 0.25) is 0 Å². The van der Waals surface area contributed by atoms with E-state index in [0.717, 1.165) is 50.6 Å². The number of nitrogens with one attached hydrogen (secondary N) is 1. The Morgan fingerprint density at radius 3 is 2.41 bits per heavy atom. The van der Waals surface area contributed by atoms with Gasteiger partial charge in [-0.15, -0.1) is 0 Å². The van der Waals surface area contributed by atoms with E-state index in [2.05, 4.69) is 5.32 Å². The Kier molecular flexibility index (Phi) is 7.55. The number of likely N-dealkylation sites (tertiary alicyclic amines) is 1. The van der Waals surface area contributed by atoms with Crippen molar-refractivity contribution in [1.82, 2.24) is 10.2 Å². The summed E-state index contributed by atoms with van der Waals surface area (Å²) in [6.07, 6.45) is 8.86. The van der Waals surface area contributed by atoms with Gasteiger partial charge in [-0.05, 0) is 43.2 Å². The Bertz CT molecular complexity index is 591. The fourth-order valence-electron chi connectivity index (χ4n) is 4.12. The molecule has 1 saturated carbocycles. The Balaban J connectivity index is 1.28. The van der Waals surface area contributed by atoms with Crippen molar-refractivity contribution in [2.45, 2.75) is 51.4 Å². The molecule has 0 radical (unpaired) electrons. The third-order valence-corrected chi connectivity index (χ3v) is 5.92. The quantitative estimate of drug-likeness (QED) is 0.761. The molecule has 0 atom stereocenters. The van der Waals surface area contributed by atoms with E-state index >= 15 is 0 Å². The van der Waals surface area contributed by atoms with Gasteiger partial charge in [0.15, 0.2) is 6.61 Å². The predicted molar refractivity (Wildman–Crippen MR) is 105 cm³/mol. The van der Waals surface area contributed by atoms with Crippen molar-refractivity contribution in [3.63, 3.8) is 0 Å². The lowest BCUT2D eigenvalue weighted by atomic mass is 9.96. The van der Waals surface area contributed by atoms with Crippen molar-refractivity contribution in [1.29, 1.82) is 0 Å². The molecule has 0 unspecified atom stereocenters. The highest BCUT2D eigenvalue weighted by atomic mass is 16.5. The molecule has 5 nitrogen and oxygen atoms in total. The number of benzene rings is 1. The van der Waals surface area contributed by atoms with E-state index in [-0.39, 0.29) is 18.4 Å². The summed E-state index contributed by atoms with van der Waals surface area (Å²) in [4.78, 5) is 26.2. The van der Waals surface area contributed by atoms with Crippen LogP contribution in [0.5, 0.6) is 5.75 Å². The summed E-state index contributed by atoms with van der Waals surface area (Å²) in [5.41, 5.74) is 0. The molecule has 2 aliphatic rings. The number of para-hydroxylation sites is 1. The maximum atomic E-state index is 12.3. The van der Waals surface area contributed by atoms with Crippen molar-refractivity contribution in [3.05, 3.63) is 30.3 Å². The average molecular weight is 373 g/mol. The number of carbonyl (C=O) groups is 2. The van der Waals surface area contributed by atoms with Crippen molar-refractivity contribution >= 4 is 11.8 Å². The smallest absolute Gasteiger partial charge is 0.260 e. The fourth-order valence-corrected chi connectivity index (χ4v) is 4.12. The lowest BCUT2D eigenvalue weighted by molar-refractivity contribution is -0.135. The molecule has 2 amide bonds. The minimum absolute atomic E-state index is 0.0397. The lowest BCUT2D eigenvalue weighted by Crippen LogP contribution is -2.43. The number of amides is 2. The Hall–Kier alpha value is -2.04. The van der Waals surface area contributed by atoms with Crippen LogP contribution in [0.15, 0.2) is 30.3 Å². The van der Waals surface area contributed by atoms with E-state index in [9.17, 15) is 9.59 Å². The van der Waals surface area contributed by atoms with Crippen LogP contribution < -0.4 is 10.1 Å². The van der Waals surface area contributed by atoms with E-state index in [4.69, 9.17) is 4.74 Å². The monoisotopic (exact) mass is 372 g/mol. The second-order valence-electron chi connectivity index (χ2n) is 7.92. The van der Waals surface area contributed by atoms with Gasteiger partial charge < -0.3 is 15.0 Å². The SMILES string of the molecule is O=C(CCC1CCCC1)NCC1CCN(C(=O)COc2ccccc2)CC1. The van der Waals surface area contributed by atoms with Crippen molar-refractivity contribution in [3.8, 4) is 5.75 Å². The van der Waals surface area contributed by atoms with Gasteiger partial charge in [-0.1, -0.05) is 43.9 Å². The molecule has 1 aromatic carbocycles. The summed E-state index contributed by atoms with van der Waals surface area (Å²) in [6.45, 7) is 2.33. The molecular weight excluding hydrogens is 340 g/mol. The minimum atomic E-state index is 0.0397. The molecule has 1 aliphatic carbocycles. The second kappa shape index (κ2) is 10.3. The molecule has 3 rings (SSSR count). The molecule has 1 N–H and O–H groups in total. The van der Waals surface area contributed by atoms with Crippen molar-refractivity contribution in [2.75, 3.05) is 26.2 Å². The van der Waals surface area contributed by atoms with Crippen LogP contribution in [0.3, 0.4) is 0 Å². The highest BCUT2D eigenvalue weighted by molar-refractivity contribution is 5.78. The molecule has 5 heteroatoms. The minimum Gasteiger partial charge on any atom is -0.484 e. The van der Waals surface area contributed by atoms with Crippen LogP contribution in [-0.4, -0.2) is 43.0 Å². The van der Waals surface area contributed by atoms with E-state index < -0.39 is 0 Å². The first-order valence-corrected chi connectivity index (χ1v) is 10.4. The number of nitrogens with zero attached hydrogens (tertiary/aromatic N) is 1. The van der Waals surface area contributed by atoms with Gasteiger partial charge in [0.1, 0.15) is 5.75 Å². The van der Waals surface area contributed by atoms with Gasteiger partial charge in [0, 0.05) is 26.1 Å².